The number of carbonyl (C=O) groups is 2. The van der Waals surface area contributed by atoms with Crippen LogP contribution in [0, 0.1) is 0 Å². The molecule has 0 aliphatic carbocycles. The molecule has 11 heteroatoms. The Labute approximate surface area is 167 Å². The molecule has 158 valence electrons. The minimum Gasteiger partial charge on any atom is -0.336 e. The molecule has 0 saturated heterocycles. The Bertz CT molecular complexity index is 813. The minimum absolute atomic E-state index is 0.113. The van der Waals surface area contributed by atoms with Crippen molar-refractivity contribution in [2.24, 2.45) is 0 Å². The number of rotatable bonds is 9. The summed E-state index contributed by atoms with van der Waals surface area (Å²) in [5, 5.41) is 1.72. The van der Waals surface area contributed by atoms with Gasteiger partial charge in [-0.3, -0.25) is 9.59 Å². The minimum atomic E-state index is -4.68. The number of benzene rings is 1. The predicted molar refractivity (Wildman–Crippen MR) is 101 cm³/mol. The van der Waals surface area contributed by atoms with Crippen LogP contribution in [0.4, 0.5) is 18.9 Å². The molecule has 0 unspecified atom stereocenters. The van der Waals surface area contributed by atoms with Crippen LogP contribution in [0.2, 0.25) is 5.02 Å². The first-order valence-corrected chi connectivity index (χ1v) is 10.7. The number of nitrogens with zero attached hydrogens (tertiary/aromatic N) is 1. The van der Waals surface area contributed by atoms with E-state index >= 15 is 0 Å². The monoisotopic (exact) mass is 442 g/mol. The summed E-state index contributed by atoms with van der Waals surface area (Å²) in [4.78, 5) is 24.9. The topological polar surface area (TPSA) is 83.6 Å². The van der Waals surface area contributed by atoms with Gasteiger partial charge in [0.05, 0.1) is 22.9 Å². The molecule has 0 aromatic heterocycles. The Morgan fingerprint density at radius 3 is 2.43 bits per heavy atom. The zero-order valence-corrected chi connectivity index (χ0v) is 17.0. The number of hydrogen-bond acceptors (Lipinski definition) is 4. The number of anilines is 1. The van der Waals surface area contributed by atoms with Gasteiger partial charge in [0.25, 0.3) is 0 Å². The van der Waals surface area contributed by atoms with E-state index in [9.17, 15) is 31.2 Å². The molecule has 0 aliphatic rings. The second kappa shape index (κ2) is 10.1. The van der Waals surface area contributed by atoms with Gasteiger partial charge in [0, 0.05) is 12.7 Å². The first-order valence-electron chi connectivity index (χ1n) is 8.46. The van der Waals surface area contributed by atoms with Crippen molar-refractivity contribution in [2.75, 3.05) is 30.4 Å². The lowest BCUT2D eigenvalue weighted by Crippen LogP contribution is -2.38. The van der Waals surface area contributed by atoms with Crippen LogP contribution < -0.4 is 5.32 Å². The molecule has 2 amide bonds. The van der Waals surface area contributed by atoms with E-state index in [0.29, 0.717) is 12.5 Å². The van der Waals surface area contributed by atoms with Gasteiger partial charge >= 0.3 is 6.18 Å². The Kier molecular flexibility index (Phi) is 8.75. The van der Waals surface area contributed by atoms with E-state index in [1.165, 1.54) is 13.1 Å². The second-order valence-electron chi connectivity index (χ2n) is 6.29. The number of sulfone groups is 1. The molecule has 28 heavy (non-hydrogen) atoms. The highest BCUT2D eigenvalue weighted by Gasteiger charge is 2.33. The maximum Gasteiger partial charge on any atom is 0.417 e. The van der Waals surface area contributed by atoms with Gasteiger partial charge in [-0.25, -0.2) is 8.42 Å². The van der Waals surface area contributed by atoms with E-state index in [0.717, 1.165) is 23.8 Å². The number of alkyl halides is 3. The third-order valence-corrected chi connectivity index (χ3v) is 5.69. The van der Waals surface area contributed by atoms with Crippen LogP contribution in [0.15, 0.2) is 18.2 Å². The molecule has 0 saturated carbocycles. The SMILES string of the molecule is CCCCCS(=O)(=O)CC(=O)N(C)CC(=O)Nc1ccc(Cl)c(C(F)(F)F)c1. The molecule has 0 spiro atoms. The Hall–Kier alpha value is -1.81. The maximum absolute atomic E-state index is 12.8. The number of carbonyl (C=O) groups excluding carboxylic acids is 2. The van der Waals surface area contributed by atoms with Crippen molar-refractivity contribution < 1.29 is 31.2 Å². The smallest absolute Gasteiger partial charge is 0.336 e. The van der Waals surface area contributed by atoms with E-state index in [2.05, 4.69) is 5.32 Å². The molecule has 6 nitrogen and oxygen atoms in total. The third kappa shape index (κ3) is 8.05. The van der Waals surface area contributed by atoms with Crippen LogP contribution in [0.1, 0.15) is 31.7 Å². The van der Waals surface area contributed by atoms with E-state index < -0.39 is 50.7 Å². The van der Waals surface area contributed by atoms with Crippen LogP contribution in [-0.2, 0) is 25.6 Å². The highest BCUT2D eigenvalue weighted by molar-refractivity contribution is 7.92. The normalized spacial score (nSPS) is 11.9. The lowest BCUT2D eigenvalue weighted by atomic mass is 10.2. The maximum atomic E-state index is 12.8. The summed E-state index contributed by atoms with van der Waals surface area (Å²) >= 11 is 5.51. The summed E-state index contributed by atoms with van der Waals surface area (Å²) in [6.45, 7) is 1.41. The van der Waals surface area contributed by atoms with E-state index in [1.54, 1.807) is 0 Å². The van der Waals surface area contributed by atoms with Crippen LogP contribution in [0.5, 0.6) is 0 Å². The zero-order chi connectivity index (χ0) is 21.5. The molecule has 0 atom stereocenters. The van der Waals surface area contributed by atoms with E-state index in [-0.39, 0.29) is 11.4 Å². The molecule has 1 aromatic carbocycles. The van der Waals surface area contributed by atoms with Gasteiger partial charge in [-0.1, -0.05) is 31.4 Å². The van der Waals surface area contributed by atoms with Crippen molar-refractivity contribution in [3.05, 3.63) is 28.8 Å². The molecule has 0 heterocycles. The fourth-order valence-corrected chi connectivity index (χ4v) is 3.88. The van der Waals surface area contributed by atoms with Crippen LogP contribution in [0.3, 0.4) is 0 Å². The second-order valence-corrected chi connectivity index (χ2v) is 8.88. The van der Waals surface area contributed by atoms with Crippen LogP contribution in [0.25, 0.3) is 0 Å². The number of amides is 2. The first-order chi connectivity index (χ1) is 12.9. The van der Waals surface area contributed by atoms with E-state index in [4.69, 9.17) is 11.6 Å². The number of nitrogens with one attached hydrogen (secondary N) is 1. The number of hydrogen-bond donors (Lipinski definition) is 1. The lowest BCUT2D eigenvalue weighted by molar-refractivity contribution is -0.137. The molecule has 1 N–H and O–H groups in total. The summed E-state index contributed by atoms with van der Waals surface area (Å²) in [5.41, 5.74) is -1.25. The highest BCUT2D eigenvalue weighted by Crippen LogP contribution is 2.36. The molecule has 0 fully saturated rings. The predicted octanol–water partition coefficient (Wildman–Crippen LogP) is 3.36. The molecule has 0 aliphatic heterocycles. The zero-order valence-electron chi connectivity index (χ0n) is 15.5. The fourth-order valence-electron chi connectivity index (χ4n) is 2.27. The highest BCUT2D eigenvalue weighted by atomic mass is 35.5. The van der Waals surface area contributed by atoms with Gasteiger partial charge in [0.2, 0.25) is 11.8 Å². The summed E-state index contributed by atoms with van der Waals surface area (Å²) in [6, 6.07) is 2.87. The standard InChI is InChI=1S/C17H22ClF3N2O4S/c1-3-4-5-8-28(26,27)11-16(25)23(2)10-15(24)22-12-6-7-14(18)13(9-12)17(19,20)21/h6-7,9H,3-5,8,10-11H2,1-2H3,(H,22,24). The number of unbranched alkanes of at least 4 members (excludes halogenated alkanes) is 2. The average molecular weight is 443 g/mol. The molecular formula is C17H22ClF3N2O4S. The summed E-state index contributed by atoms with van der Waals surface area (Å²) in [5.74, 6) is -2.37. The molecule has 0 radical (unpaired) electrons. The van der Waals surface area contributed by atoms with Crippen molar-refractivity contribution in [3.63, 3.8) is 0 Å². The van der Waals surface area contributed by atoms with Crippen molar-refractivity contribution in [3.8, 4) is 0 Å². The van der Waals surface area contributed by atoms with Crippen LogP contribution in [-0.4, -0.2) is 50.2 Å². The van der Waals surface area contributed by atoms with Gasteiger partial charge in [0.15, 0.2) is 9.84 Å². The van der Waals surface area contributed by atoms with Crippen molar-refractivity contribution in [1.82, 2.24) is 4.90 Å². The van der Waals surface area contributed by atoms with Crippen LogP contribution >= 0.6 is 11.6 Å². The number of halogens is 4. The Morgan fingerprint density at radius 2 is 1.86 bits per heavy atom. The summed E-state index contributed by atoms with van der Waals surface area (Å²) < 4.78 is 62.3. The number of likely N-dealkylation sites (N-methyl/N-ethyl adjacent to an activating group) is 1. The summed E-state index contributed by atoms with van der Waals surface area (Å²) in [6.07, 6.45) is -2.66. The largest absolute Gasteiger partial charge is 0.417 e. The van der Waals surface area contributed by atoms with Gasteiger partial charge in [0.1, 0.15) is 5.75 Å². The average Bonchev–Trinajstić information content (AvgIpc) is 2.55. The summed E-state index contributed by atoms with van der Waals surface area (Å²) in [7, 11) is -2.34. The van der Waals surface area contributed by atoms with Crippen molar-refractivity contribution in [2.45, 2.75) is 32.4 Å². The van der Waals surface area contributed by atoms with Crippen molar-refractivity contribution >= 4 is 38.9 Å². The molecule has 1 aromatic rings. The van der Waals surface area contributed by atoms with Gasteiger partial charge < -0.3 is 10.2 Å². The van der Waals surface area contributed by atoms with Gasteiger partial charge in [-0.2, -0.15) is 13.2 Å². The quantitative estimate of drug-likeness (QED) is 0.594. The molecule has 1 rings (SSSR count). The molecule has 0 bridgehead atoms. The van der Waals surface area contributed by atoms with Crippen molar-refractivity contribution in [1.29, 1.82) is 0 Å². The Balaban J connectivity index is 2.67. The lowest BCUT2D eigenvalue weighted by Gasteiger charge is -2.17. The fraction of sp³-hybridized carbons (Fsp3) is 0.529. The third-order valence-electron chi connectivity index (χ3n) is 3.76. The molecular weight excluding hydrogens is 421 g/mol. The first kappa shape index (κ1) is 24.2. The van der Waals surface area contributed by atoms with Gasteiger partial charge in [-0.05, 0) is 24.6 Å². The van der Waals surface area contributed by atoms with E-state index in [1.807, 2.05) is 6.92 Å². The van der Waals surface area contributed by atoms with Gasteiger partial charge in [-0.15, -0.1) is 0 Å². The Morgan fingerprint density at radius 1 is 1.21 bits per heavy atom.